The number of carbonyl (C=O) groups is 1. The van der Waals surface area contributed by atoms with E-state index in [9.17, 15) is 4.79 Å². The van der Waals surface area contributed by atoms with Gasteiger partial charge in [0.1, 0.15) is 18.1 Å². The van der Waals surface area contributed by atoms with E-state index < -0.39 is 5.97 Å². The molecule has 2 rings (SSSR count). The minimum atomic E-state index is -0.434. The zero-order valence-electron chi connectivity index (χ0n) is 13.3. The van der Waals surface area contributed by atoms with Crippen LogP contribution in [0, 0.1) is 0 Å². The molecule has 0 spiro atoms. The summed E-state index contributed by atoms with van der Waals surface area (Å²) < 4.78 is 10.6. The zero-order chi connectivity index (χ0) is 16.5. The van der Waals surface area contributed by atoms with Gasteiger partial charge in [0.25, 0.3) is 0 Å². The quantitative estimate of drug-likeness (QED) is 0.482. The normalized spacial score (nSPS) is 11.0. The summed E-state index contributed by atoms with van der Waals surface area (Å²) in [5, 5.41) is 4.01. The lowest BCUT2D eigenvalue weighted by Gasteiger charge is -2.08. The van der Waals surface area contributed by atoms with E-state index in [1.807, 2.05) is 54.6 Å². The van der Waals surface area contributed by atoms with Gasteiger partial charge in [-0.2, -0.15) is 5.10 Å². The van der Waals surface area contributed by atoms with Gasteiger partial charge in [-0.15, -0.1) is 0 Å². The number of ether oxygens (including phenoxy) is 2. The lowest BCUT2D eigenvalue weighted by atomic mass is 10.2. The Labute approximate surface area is 135 Å². The second-order valence-electron chi connectivity index (χ2n) is 4.83. The third-order valence-electron chi connectivity index (χ3n) is 3.01. The number of esters is 1. The van der Waals surface area contributed by atoms with Crippen LogP contribution in [0.5, 0.6) is 5.75 Å². The first-order valence-electron chi connectivity index (χ1n) is 7.43. The first kappa shape index (κ1) is 16.5. The molecule has 0 radical (unpaired) electrons. The minimum Gasteiger partial charge on any atom is -0.489 e. The van der Waals surface area contributed by atoms with Gasteiger partial charge >= 0.3 is 5.97 Å². The molecule has 23 heavy (non-hydrogen) atoms. The zero-order valence-corrected chi connectivity index (χ0v) is 13.3. The summed E-state index contributed by atoms with van der Waals surface area (Å²) in [6.07, 6.45) is 0. The standard InChI is InChI=1S/C18H20N2O3/c1-3-22-18(21)14(2)19-20-16-10-7-11-17(12-16)23-13-15-8-5-4-6-9-15/h4-12,20H,3,13H2,1-2H3/b19-14+. The van der Waals surface area contributed by atoms with E-state index in [4.69, 9.17) is 9.47 Å². The van der Waals surface area contributed by atoms with Crippen molar-refractivity contribution < 1.29 is 14.3 Å². The summed E-state index contributed by atoms with van der Waals surface area (Å²) >= 11 is 0. The number of anilines is 1. The molecule has 0 bridgehead atoms. The van der Waals surface area contributed by atoms with Crippen molar-refractivity contribution >= 4 is 17.4 Å². The average molecular weight is 312 g/mol. The highest BCUT2D eigenvalue weighted by Gasteiger charge is 2.06. The van der Waals surface area contributed by atoms with Gasteiger partial charge in [-0.25, -0.2) is 4.79 Å². The van der Waals surface area contributed by atoms with E-state index in [2.05, 4.69) is 10.5 Å². The predicted molar refractivity (Wildman–Crippen MR) is 90.6 cm³/mol. The second-order valence-corrected chi connectivity index (χ2v) is 4.83. The molecule has 5 heteroatoms. The van der Waals surface area contributed by atoms with Crippen molar-refractivity contribution in [2.24, 2.45) is 5.10 Å². The maximum absolute atomic E-state index is 11.5. The minimum absolute atomic E-state index is 0.266. The van der Waals surface area contributed by atoms with Crippen molar-refractivity contribution in [3.63, 3.8) is 0 Å². The molecule has 120 valence electrons. The second kappa shape index (κ2) is 8.58. The van der Waals surface area contributed by atoms with Gasteiger partial charge in [0.15, 0.2) is 0 Å². The lowest BCUT2D eigenvalue weighted by Crippen LogP contribution is -2.15. The van der Waals surface area contributed by atoms with E-state index >= 15 is 0 Å². The number of rotatable bonds is 7. The highest BCUT2D eigenvalue weighted by atomic mass is 16.5. The Bertz CT molecular complexity index is 669. The average Bonchev–Trinajstić information content (AvgIpc) is 2.59. The Balaban J connectivity index is 1.94. The van der Waals surface area contributed by atoms with Crippen molar-refractivity contribution in [2.75, 3.05) is 12.0 Å². The molecule has 0 aliphatic carbocycles. The Morgan fingerprint density at radius 3 is 2.65 bits per heavy atom. The summed E-state index contributed by atoms with van der Waals surface area (Å²) in [5.74, 6) is 0.291. The molecule has 0 unspecified atom stereocenters. The molecular formula is C18H20N2O3. The van der Waals surface area contributed by atoms with Crippen molar-refractivity contribution in [3.8, 4) is 5.75 Å². The van der Waals surface area contributed by atoms with Crippen LogP contribution < -0.4 is 10.2 Å². The van der Waals surface area contributed by atoms with Crippen LogP contribution in [0.15, 0.2) is 59.7 Å². The van der Waals surface area contributed by atoms with Gasteiger partial charge in [-0.05, 0) is 31.5 Å². The Morgan fingerprint density at radius 1 is 1.13 bits per heavy atom. The fraction of sp³-hybridized carbons (Fsp3) is 0.222. The highest BCUT2D eigenvalue weighted by molar-refractivity contribution is 6.35. The molecule has 0 amide bonds. The molecule has 0 fully saturated rings. The molecule has 0 atom stereocenters. The van der Waals surface area contributed by atoms with Crippen molar-refractivity contribution in [1.82, 2.24) is 0 Å². The first-order chi connectivity index (χ1) is 11.2. The van der Waals surface area contributed by atoms with E-state index in [0.717, 1.165) is 17.0 Å². The third-order valence-corrected chi connectivity index (χ3v) is 3.01. The molecule has 0 saturated carbocycles. The van der Waals surface area contributed by atoms with Crippen LogP contribution in [0.25, 0.3) is 0 Å². The summed E-state index contributed by atoms with van der Waals surface area (Å²) in [7, 11) is 0. The van der Waals surface area contributed by atoms with Gasteiger partial charge in [-0.3, -0.25) is 5.43 Å². The largest absolute Gasteiger partial charge is 0.489 e. The van der Waals surface area contributed by atoms with Crippen LogP contribution in [0.2, 0.25) is 0 Å². The van der Waals surface area contributed by atoms with E-state index in [1.54, 1.807) is 13.8 Å². The summed E-state index contributed by atoms with van der Waals surface area (Å²) in [6, 6.07) is 17.3. The summed E-state index contributed by atoms with van der Waals surface area (Å²) in [6.45, 7) is 4.18. The SMILES string of the molecule is CCOC(=O)/C(C)=N/Nc1cccc(OCc2ccccc2)c1. The third kappa shape index (κ3) is 5.47. The summed E-state index contributed by atoms with van der Waals surface area (Å²) in [5.41, 5.74) is 4.93. The van der Waals surface area contributed by atoms with Gasteiger partial charge < -0.3 is 9.47 Å². The highest BCUT2D eigenvalue weighted by Crippen LogP contribution is 2.18. The predicted octanol–water partition coefficient (Wildman–Crippen LogP) is 3.62. The van der Waals surface area contributed by atoms with E-state index in [0.29, 0.717) is 13.2 Å². The van der Waals surface area contributed by atoms with Crippen molar-refractivity contribution in [3.05, 3.63) is 60.2 Å². The molecule has 5 nitrogen and oxygen atoms in total. The Kier molecular flexibility index (Phi) is 6.17. The van der Waals surface area contributed by atoms with Crippen molar-refractivity contribution in [2.45, 2.75) is 20.5 Å². The number of hydrazone groups is 1. The van der Waals surface area contributed by atoms with Crippen molar-refractivity contribution in [1.29, 1.82) is 0 Å². The van der Waals surface area contributed by atoms with Crippen LogP contribution in [0.3, 0.4) is 0 Å². The molecule has 0 saturated heterocycles. The molecule has 2 aromatic carbocycles. The fourth-order valence-corrected chi connectivity index (χ4v) is 1.83. The molecule has 0 heterocycles. The van der Waals surface area contributed by atoms with Crippen LogP contribution in [-0.2, 0) is 16.1 Å². The van der Waals surface area contributed by atoms with Gasteiger partial charge in [0.05, 0.1) is 12.3 Å². The summed E-state index contributed by atoms with van der Waals surface area (Å²) in [4.78, 5) is 11.5. The molecule has 0 aliphatic rings. The first-order valence-corrected chi connectivity index (χ1v) is 7.43. The lowest BCUT2D eigenvalue weighted by molar-refractivity contribution is -0.135. The number of benzene rings is 2. The number of hydrogen-bond donors (Lipinski definition) is 1. The van der Waals surface area contributed by atoms with Crippen LogP contribution in [-0.4, -0.2) is 18.3 Å². The number of nitrogens with one attached hydrogen (secondary N) is 1. The number of hydrogen-bond acceptors (Lipinski definition) is 5. The molecule has 2 aromatic rings. The van der Waals surface area contributed by atoms with Gasteiger partial charge in [-0.1, -0.05) is 36.4 Å². The Morgan fingerprint density at radius 2 is 1.91 bits per heavy atom. The molecule has 0 aliphatic heterocycles. The topological polar surface area (TPSA) is 59.9 Å². The molecule has 1 N–H and O–H groups in total. The maximum atomic E-state index is 11.5. The van der Waals surface area contributed by atoms with E-state index in [-0.39, 0.29) is 5.71 Å². The van der Waals surface area contributed by atoms with Crippen LogP contribution in [0.1, 0.15) is 19.4 Å². The van der Waals surface area contributed by atoms with Gasteiger partial charge in [0.2, 0.25) is 0 Å². The number of carbonyl (C=O) groups excluding carboxylic acids is 1. The molecule has 0 aromatic heterocycles. The fourth-order valence-electron chi connectivity index (χ4n) is 1.83. The molecular weight excluding hydrogens is 292 g/mol. The Hall–Kier alpha value is -2.82. The maximum Gasteiger partial charge on any atom is 0.354 e. The monoisotopic (exact) mass is 312 g/mol. The smallest absolute Gasteiger partial charge is 0.354 e. The van der Waals surface area contributed by atoms with Crippen LogP contribution in [0.4, 0.5) is 5.69 Å². The van der Waals surface area contributed by atoms with Crippen LogP contribution >= 0.6 is 0 Å². The number of nitrogens with zero attached hydrogens (tertiary/aromatic N) is 1. The van der Waals surface area contributed by atoms with E-state index in [1.165, 1.54) is 0 Å². The van der Waals surface area contributed by atoms with Gasteiger partial charge in [0, 0.05) is 6.07 Å².